The predicted octanol–water partition coefficient (Wildman–Crippen LogP) is 0.684. The van der Waals surface area contributed by atoms with Gasteiger partial charge in [0.1, 0.15) is 5.54 Å². The molecule has 2 fully saturated rings. The molecule has 1 saturated heterocycles. The smallest absolute Gasteiger partial charge is 0.246 e. The lowest BCUT2D eigenvalue weighted by molar-refractivity contribution is -0.157. The van der Waals surface area contributed by atoms with Crippen molar-refractivity contribution in [1.29, 1.82) is 0 Å². The van der Waals surface area contributed by atoms with Crippen LogP contribution in [0.5, 0.6) is 0 Å². The zero-order valence-electron chi connectivity index (χ0n) is 11.0. The summed E-state index contributed by atoms with van der Waals surface area (Å²) in [5.74, 6) is 0.0505. The highest BCUT2D eigenvalue weighted by molar-refractivity contribution is 5.98. The summed E-state index contributed by atoms with van der Waals surface area (Å²) in [5, 5.41) is 2.74. The predicted molar refractivity (Wildman–Crippen MR) is 67.0 cm³/mol. The monoisotopic (exact) mass is 254 g/mol. The number of rotatable bonds is 4. The third-order valence-corrected chi connectivity index (χ3v) is 3.98. The fourth-order valence-electron chi connectivity index (χ4n) is 3.05. The van der Waals surface area contributed by atoms with Crippen LogP contribution in [0.4, 0.5) is 0 Å². The maximum Gasteiger partial charge on any atom is 0.246 e. The number of piperazine rings is 1. The van der Waals surface area contributed by atoms with Crippen molar-refractivity contribution in [2.24, 2.45) is 0 Å². The van der Waals surface area contributed by atoms with Gasteiger partial charge < -0.3 is 15.0 Å². The normalized spacial score (nSPS) is 23.3. The molecule has 5 heteroatoms. The molecule has 1 saturated carbocycles. The quantitative estimate of drug-likeness (QED) is 0.751. The molecule has 0 aromatic rings. The van der Waals surface area contributed by atoms with Gasteiger partial charge in [0.15, 0.2) is 0 Å². The van der Waals surface area contributed by atoms with E-state index in [2.05, 4.69) is 5.32 Å². The van der Waals surface area contributed by atoms with Crippen molar-refractivity contribution >= 4 is 11.8 Å². The van der Waals surface area contributed by atoms with Gasteiger partial charge in [-0.1, -0.05) is 19.3 Å². The van der Waals surface area contributed by atoms with E-state index in [-0.39, 0.29) is 18.4 Å². The summed E-state index contributed by atoms with van der Waals surface area (Å²) >= 11 is 0. The number of carbonyl (C=O) groups is 2. The lowest BCUT2D eigenvalue weighted by Gasteiger charge is -2.47. The Hall–Kier alpha value is -1.10. The number of hydrogen-bond acceptors (Lipinski definition) is 3. The Labute approximate surface area is 108 Å². The first-order valence-electron chi connectivity index (χ1n) is 6.87. The van der Waals surface area contributed by atoms with E-state index in [4.69, 9.17) is 4.74 Å². The molecule has 1 N–H and O–H groups in total. The molecule has 0 bridgehead atoms. The van der Waals surface area contributed by atoms with Crippen LogP contribution in [0.25, 0.3) is 0 Å². The zero-order chi connectivity index (χ0) is 13.0. The van der Waals surface area contributed by atoms with Crippen LogP contribution in [0.2, 0.25) is 0 Å². The molecule has 0 aromatic heterocycles. The molecule has 2 aliphatic rings. The van der Waals surface area contributed by atoms with Gasteiger partial charge >= 0.3 is 0 Å². The third-order valence-electron chi connectivity index (χ3n) is 3.98. The van der Waals surface area contributed by atoms with Crippen molar-refractivity contribution < 1.29 is 14.3 Å². The van der Waals surface area contributed by atoms with E-state index in [0.717, 1.165) is 32.1 Å². The molecule has 1 aliphatic carbocycles. The summed E-state index contributed by atoms with van der Waals surface area (Å²) in [6.45, 7) is 3.74. The molecule has 5 nitrogen and oxygen atoms in total. The van der Waals surface area contributed by atoms with E-state index >= 15 is 0 Å². The summed E-state index contributed by atoms with van der Waals surface area (Å²) in [6, 6.07) is 0. The minimum Gasteiger partial charge on any atom is -0.380 e. The number of ether oxygens (including phenoxy) is 1. The number of carbonyl (C=O) groups excluding carboxylic acids is 2. The Kier molecular flexibility index (Phi) is 4.22. The van der Waals surface area contributed by atoms with Crippen LogP contribution < -0.4 is 5.32 Å². The molecule has 2 amide bonds. The molecule has 102 valence electrons. The molecule has 0 radical (unpaired) electrons. The van der Waals surface area contributed by atoms with E-state index in [1.165, 1.54) is 0 Å². The first kappa shape index (κ1) is 13.3. The second-order valence-corrected chi connectivity index (χ2v) is 5.02. The maximum absolute atomic E-state index is 12.2. The largest absolute Gasteiger partial charge is 0.380 e. The summed E-state index contributed by atoms with van der Waals surface area (Å²) < 4.78 is 5.33. The minimum absolute atomic E-state index is 0.0243. The Morgan fingerprint density at radius 2 is 2.00 bits per heavy atom. The fraction of sp³-hybridized carbons (Fsp3) is 0.846. The van der Waals surface area contributed by atoms with Crippen LogP contribution >= 0.6 is 0 Å². The average Bonchev–Trinajstić information content (AvgIpc) is 2.40. The van der Waals surface area contributed by atoms with Gasteiger partial charge in [-0.2, -0.15) is 0 Å². The topological polar surface area (TPSA) is 58.6 Å². The van der Waals surface area contributed by atoms with E-state index in [1.807, 2.05) is 6.92 Å². The van der Waals surface area contributed by atoms with E-state index in [9.17, 15) is 9.59 Å². The van der Waals surface area contributed by atoms with Crippen LogP contribution in [0.15, 0.2) is 0 Å². The number of hydrogen-bond donors (Lipinski definition) is 1. The van der Waals surface area contributed by atoms with Gasteiger partial charge in [0.25, 0.3) is 0 Å². The molecule has 1 spiro atoms. The molecule has 1 heterocycles. The minimum atomic E-state index is -0.593. The summed E-state index contributed by atoms with van der Waals surface area (Å²) in [7, 11) is 0. The first-order valence-corrected chi connectivity index (χ1v) is 6.87. The highest BCUT2D eigenvalue weighted by atomic mass is 16.5. The number of amides is 2. The highest BCUT2D eigenvalue weighted by Crippen LogP contribution is 2.35. The molecule has 1 aliphatic heterocycles. The van der Waals surface area contributed by atoms with Crippen LogP contribution in [0.3, 0.4) is 0 Å². The lowest BCUT2D eigenvalue weighted by atomic mass is 9.78. The van der Waals surface area contributed by atoms with Gasteiger partial charge in [-0.15, -0.1) is 0 Å². The highest BCUT2D eigenvalue weighted by Gasteiger charge is 2.49. The lowest BCUT2D eigenvalue weighted by Crippen LogP contribution is -2.68. The first-order chi connectivity index (χ1) is 8.70. The molecule has 18 heavy (non-hydrogen) atoms. The van der Waals surface area contributed by atoms with Crippen molar-refractivity contribution in [2.75, 3.05) is 26.3 Å². The summed E-state index contributed by atoms with van der Waals surface area (Å²) in [4.78, 5) is 26.0. The van der Waals surface area contributed by atoms with Crippen LogP contribution in [0, 0.1) is 0 Å². The van der Waals surface area contributed by atoms with E-state index in [1.54, 1.807) is 4.90 Å². The standard InChI is InChI=1S/C13H22N2O3/c1-2-18-9-8-15-11(16)10-14-12(17)13(15)6-4-3-5-7-13/h2-10H2,1H3,(H,14,17). The van der Waals surface area contributed by atoms with Gasteiger partial charge in [0.05, 0.1) is 13.2 Å². The Morgan fingerprint density at radius 3 is 2.67 bits per heavy atom. The van der Waals surface area contributed by atoms with Crippen molar-refractivity contribution in [3.8, 4) is 0 Å². The molecule has 0 atom stereocenters. The summed E-state index contributed by atoms with van der Waals surface area (Å²) in [6.07, 6.45) is 4.77. The Balaban J connectivity index is 2.13. The van der Waals surface area contributed by atoms with Gasteiger partial charge in [-0.05, 0) is 19.8 Å². The van der Waals surface area contributed by atoms with Crippen molar-refractivity contribution in [3.63, 3.8) is 0 Å². The van der Waals surface area contributed by atoms with Gasteiger partial charge in [-0.3, -0.25) is 9.59 Å². The third kappa shape index (κ3) is 2.36. The average molecular weight is 254 g/mol. The number of nitrogens with one attached hydrogen (secondary N) is 1. The van der Waals surface area contributed by atoms with Crippen molar-refractivity contribution in [2.45, 2.75) is 44.6 Å². The van der Waals surface area contributed by atoms with Gasteiger partial charge in [0.2, 0.25) is 11.8 Å². The zero-order valence-corrected chi connectivity index (χ0v) is 11.0. The van der Waals surface area contributed by atoms with Crippen LogP contribution in [0.1, 0.15) is 39.0 Å². The molecule has 0 aromatic carbocycles. The van der Waals surface area contributed by atoms with E-state index < -0.39 is 5.54 Å². The maximum atomic E-state index is 12.2. The van der Waals surface area contributed by atoms with Crippen LogP contribution in [-0.2, 0) is 14.3 Å². The Bertz CT molecular complexity index is 324. The molecular weight excluding hydrogens is 232 g/mol. The van der Waals surface area contributed by atoms with Crippen molar-refractivity contribution in [3.05, 3.63) is 0 Å². The molecular formula is C13H22N2O3. The summed E-state index contributed by atoms with van der Waals surface area (Å²) in [5.41, 5.74) is -0.593. The second kappa shape index (κ2) is 5.69. The van der Waals surface area contributed by atoms with Crippen LogP contribution in [-0.4, -0.2) is 48.6 Å². The SMILES string of the molecule is CCOCCN1C(=O)CNC(=O)C12CCCCC2. The molecule has 2 rings (SSSR count). The molecule has 0 unspecified atom stereocenters. The van der Waals surface area contributed by atoms with Crippen molar-refractivity contribution in [1.82, 2.24) is 10.2 Å². The fourth-order valence-corrected chi connectivity index (χ4v) is 3.05. The van der Waals surface area contributed by atoms with Gasteiger partial charge in [-0.25, -0.2) is 0 Å². The Morgan fingerprint density at radius 1 is 1.28 bits per heavy atom. The second-order valence-electron chi connectivity index (χ2n) is 5.02. The van der Waals surface area contributed by atoms with E-state index in [0.29, 0.717) is 19.8 Å². The number of nitrogens with zero attached hydrogens (tertiary/aromatic N) is 1. The van der Waals surface area contributed by atoms with Gasteiger partial charge in [0, 0.05) is 13.2 Å².